The van der Waals surface area contributed by atoms with Crippen LogP contribution in [0.15, 0.2) is 0 Å². The van der Waals surface area contributed by atoms with Gasteiger partial charge in [0.2, 0.25) is 0 Å². The summed E-state index contributed by atoms with van der Waals surface area (Å²) in [5.41, 5.74) is 0.359. The van der Waals surface area contributed by atoms with Crippen molar-refractivity contribution in [1.29, 1.82) is 0 Å². The Kier molecular flexibility index (Phi) is 5.77. The smallest absolute Gasteiger partial charge is 0.0150 e. The zero-order valence-corrected chi connectivity index (χ0v) is 11.7. The molecule has 0 aromatic heterocycles. The van der Waals surface area contributed by atoms with Gasteiger partial charge in [-0.1, -0.05) is 20.8 Å². The zero-order valence-electron chi connectivity index (χ0n) is 11.7. The maximum absolute atomic E-state index is 3.87. The van der Waals surface area contributed by atoms with Gasteiger partial charge in [-0.15, -0.1) is 0 Å². The van der Waals surface area contributed by atoms with Gasteiger partial charge in [0.25, 0.3) is 0 Å². The summed E-state index contributed by atoms with van der Waals surface area (Å²) in [7, 11) is 0. The van der Waals surface area contributed by atoms with Crippen LogP contribution in [0.4, 0.5) is 0 Å². The average Bonchev–Trinajstić information content (AvgIpc) is 2.32. The molecule has 0 aromatic carbocycles. The van der Waals surface area contributed by atoms with E-state index in [-0.39, 0.29) is 0 Å². The zero-order chi connectivity index (χ0) is 12.0. The molecule has 2 heteroatoms. The van der Waals surface area contributed by atoms with Crippen molar-refractivity contribution in [2.75, 3.05) is 19.6 Å². The minimum atomic E-state index is 0.359. The lowest BCUT2D eigenvalue weighted by atomic mass is 9.92. The van der Waals surface area contributed by atoms with E-state index in [1.165, 1.54) is 51.7 Å². The average molecular weight is 226 g/mol. The topological polar surface area (TPSA) is 15.3 Å². The molecule has 0 bridgehead atoms. The Morgan fingerprint density at radius 2 is 1.69 bits per heavy atom. The molecule has 1 rings (SSSR count). The number of rotatable bonds is 6. The summed E-state index contributed by atoms with van der Waals surface area (Å²) in [5, 5.41) is 3.87. The number of hydrogen-bond donors (Lipinski definition) is 1. The van der Waals surface area contributed by atoms with Crippen molar-refractivity contribution in [2.24, 2.45) is 0 Å². The van der Waals surface area contributed by atoms with Crippen LogP contribution in [0.2, 0.25) is 0 Å². The van der Waals surface area contributed by atoms with Crippen molar-refractivity contribution >= 4 is 0 Å². The molecule has 1 saturated heterocycles. The lowest BCUT2D eigenvalue weighted by Crippen LogP contribution is -2.51. The van der Waals surface area contributed by atoms with Crippen LogP contribution in [0, 0.1) is 0 Å². The van der Waals surface area contributed by atoms with Crippen molar-refractivity contribution in [3.8, 4) is 0 Å². The lowest BCUT2D eigenvalue weighted by molar-refractivity contribution is 0.170. The van der Waals surface area contributed by atoms with Crippen molar-refractivity contribution in [3.05, 3.63) is 0 Å². The molecule has 1 fully saturated rings. The molecule has 0 amide bonds. The van der Waals surface area contributed by atoms with E-state index in [4.69, 9.17) is 0 Å². The van der Waals surface area contributed by atoms with Gasteiger partial charge < -0.3 is 10.2 Å². The summed E-state index contributed by atoms with van der Waals surface area (Å²) in [5.74, 6) is 0. The Morgan fingerprint density at radius 1 is 1.12 bits per heavy atom. The fraction of sp³-hybridized carbons (Fsp3) is 1.00. The molecule has 1 aliphatic heterocycles. The van der Waals surface area contributed by atoms with Gasteiger partial charge in [-0.25, -0.2) is 0 Å². The van der Waals surface area contributed by atoms with Gasteiger partial charge in [-0.2, -0.15) is 0 Å². The van der Waals surface area contributed by atoms with E-state index < -0.39 is 0 Å². The Morgan fingerprint density at radius 3 is 2.12 bits per heavy atom. The number of nitrogens with zero attached hydrogens (tertiary/aromatic N) is 1. The molecule has 1 heterocycles. The van der Waals surface area contributed by atoms with E-state index in [9.17, 15) is 0 Å². The molecular formula is C14H30N2. The van der Waals surface area contributed by atoms with E-state index in [0.29, 0.717) is 5.54 Å². The molecule has 0 saturated carbocycles. The van der Waals surface area contributed by atoms with Crippen LogP contribution in [0.1, 0.15) is 59.8 Å². The van der Waals surface area contributed by atoms with E-state index in [0.717, 1.165) is 6.04 Å². The Balaban J connectivity index is 2.31. The molecule has 0 atom stereocenters. The van der Waals surface area contributed by atoms with Gasteiger partial charge in [-0.05, 0) is 58.7 Å². The summed E-state index contributed by atoms with van der Waals surface area (Å²) in [6, 6.07) is 0.748. The third-order valence-electron chi connectivity index (χ3n) is 4.24. The second kappa shape index (κ2) is 6.61. The van der Waals surface area contributed by atoms with Crippen LogP contribution in [0.3, 0.4) is 0 Å². The highest BCUT2D eigenvalue weighted by molar-refractivity contribution is 4.87. The highest BCUT2D eigenvalue weighted by Crippen LogP contribution is 2.19. The van der Waals surface area contributed by atoms with Gasteiger partial charge in [-0.3, -0.25) is 0 Å². The van der Waals surface area contributed by atoms with Gasteiger partial charge in [0.15, 0.2) is 0 Å². The number of nitrogens with one attached hydrogen (secondary N) is 1. The summed E-state index contributed by atoms with van der Waals surface area (Å²) >= 11 is 0. The van der Waals surface area contributed by atoms with E-state index in [2.05, 4.69) is 37.9 Å². The molecule has 0 unspecified atom stereocenters. The third-order valence-corrected chi connectivity index (χ3v) is 4.24. The fourth-order valence-electron chi connectivity index (χ4n) is 2.56. The quantitative estimate of drug-likeness (QED) is 0.749. The van der Waals surface area contributed by atoms with Crippen molar-refractivity contribution in [2.45, 2.75) is 71.4 Å². The van der Waals surface area contributed by atoms with Crippen LogP contribution >= 0.6 is 0 Å². The third kappa shape index (κ3) is 4.06. The Labute approximate surface area is 102 Å². The first kappa shape index (κ1) is 14.0. The fourth-order valence-corrected chi connectivity index (χ4v) is 2.56. The molecule has 16 heavy (non-hydrogen) atoms. The van der Waals surface area contributed by atoms with Crippen LogP contribution in [-0.2, 0) is 0 Å². The normalized spacial score (nSPS) is 20.2. The minimum Gasteiger partial charge on any atom is -0.309 e. The van der Waals surface area contributed by atoms with Gasteiger partial charge in [0.1, 0.15) is 0 Å². The summed E-state index contributed by atoms with van der Waals surface area (Å²) < 4.78 is 0. The van der Waals surface area contributed by atoms with E-state index >= 15 is 0 Å². The van der Waals surface area contributed by atoms with Gasteiger partial charge in [0, 0.05) is 11.6 Å². The number of likely N-dealkylation sites (tertiary alicyclic amines) is 1. The number of piperidine rings is 1. The van der Waals surface area contributed by atoms with Gasteiger partial charge in [0.05, 0.1) is 0 Å². The molecule has 0 spiro atoms. The first-order valence-electron chi connectivity index (χ1n) is 7.13. The Bertz CT molecular complexity index is 179. The summed E-state index contributed by atoms with van der Waals surface area (Å²) in [6.45, 7) is 13.1. The predicted molar refractivity (Wildman–Crippen MR) is 71.9 cm³/mol. The van der Waals surface area contributed by atoms with E-state index in [1.54, 1.807) is 0 Å². The molecular weight excluding hydrogens is 196 g/mol. The van der Waals surface area contributed by atoms with Crippen molar-refractivity contribution in [1.82, 2.24) is 10.2 Å². The van der Waals surface area contributed by atoms with E-state index in [1.807, 2.05) is 0 Å². The molecule has 96 valence electrons. The lowest BCUT2D eigenvalue weighted by Gasteiger charge is -2.38. The molecule has 0 aliphatic carbocycles. The van der Waals surface area contributed by atoms with Crippen molar-refractivity contribution < 1.29 is 0 Å². The number of hydrogen-bond acceptors (Lipinski definition) is 2. The standard InChI is InChI=1S/C14H30N2/c1-5-10-16-11-8-13(9-12-16)15-14(4,6-2)7-3/h13,15H,5-12H2,1-4H3. The van der Waals surface area contributed by atoms with Crippen molar-refractivity contribution in [3.63, 3.8) is 0 Å². The summed E-state index contributed by atoms with van der Waals surface area (Å²) in [6.07, 6.45) is 6.42. The monoisotopic (exact) mass is 226 g/mol. The first-order valence-corrected chi connectivity index (χ1v) is 7.13. The highest BCUT2D eigenvalue weighted by Gasteiger charge is 2.26. The highest BCUT2D eigenvalue weighted by atomic mass is 15.1. The van der Waals surface area contributed by atoms with Gasteiger partial charge >= 0.3 is 0 Å². The summed E-state index contributed by atoms with van der Waals surface area (Å²) in [4.78, 5) is 2.60. The maximum Gasteiger partial charge on any atom is 0.0150 e. The maximum atomic E-state index is 3.87. The van der Waals surface area contributed by atoms with Crippen LogP contribution in [0.5, 0.6) is 0 Å². The molecule has 2 nitrogen and oxygen atoms in total. The van der Waals surface area contributed by atoms with Crippen LogP contribution in [0.25, 0.3) is 0 Å². The SMILES string of the molecule is CCCN1CCC(NC(C)(CC)CC)CC1. The molecule has 0 aromatic rings. The van der Waals surface area contributed by atoms with Crippen LogP contribution < -0.4 is 5.32 Å². The molecule has 0 radical (unpaired) electrons. The minimum absolute atomic E-state index is 0.359. The molecule has 1 N–H and O–H groups in total. The largest absolute Gasteiger partial charge is 0.309 e. The first-order chi connectivity index (χ1) is 7.63. The molecule has 1 aliphatic rings. The Hall–Kier alpha value is -0.0800. The second-order valence-electron chi connectivity index (χ2n) is 5.53. The predicted octanol–water partition coefficient (Wildman–Crippen LogP) is 3.03. The second-order valence-corrected chi connectivity index (χ2v) is 5.53. The van der Waals surface area contributed by atoms with Crippen LogP contribution in [-0.4, -0.2) is 36.1 Å².